The van der Waals surface area contributed by atoms with Gasteiger partial charge in [0.05, 0.1) is 11.1 Å². The van der Waals surface area contributed by atoms with E-state index in [4.69, 9.17) is 0 Å². The second kappa shape index (κ2) is 8.66. The van der Waals surface area contributed by atoms with E-state index >= 15 is 0 Å². The van der Waals surface area contributed by atoms with Crippen LogP contribution in [0, 0.1) is 5.82 Å². The zero-order chi connectivity index (χ0) is 21.9. The van der Waals surface area contributed by atoms with Gasteiger partial charge >= 0.3 is 0 Å². The lowest BCUT2D eigenvalue weighted by Crippen LogP contribution is -2.36. The first kappa shape index (κ1) is 21.5. The molecule has 30 heavy (non-hydrogen) atoms. The molecular formula is C21H23FN4O3S. The normalized spacial score (nSPS) is 11.5. The van der Waals surface area contributed by atoms with Crippen LogP contribution in [0.4, 0.5) is 10.1 Å². The number of nitrogens with zero attached hydrogens (tertiary/aromatic N) is 3. The highest BCUT2D eigenvalue weighted by molar-refractivity contribution is 7.92. The molecule has 0 aliphatic heterocycles. The highest BCUT2D eigenvalue weighted by Crippen LogP contribution is 2.19. The second-order valence-electron chi connectivity index (χ2n) is 7.19. The third kappa shape index (κ3) is 5.04. The van der Waals surface area contributed by atoms with E-state index in [-0.39, 0.29) is 16.8 Å². The number of aromatic nitrogens is 2. The SMILES string of the molecule is CC(C)N(Cc1cnn(C)c1)C(=O)c1ccc(NS(=O)(=O)c2ccc(F)cc2)cc1. The third-order valence-electron chi connectivity index (χ3n) is 4.50. The van der Waals surface area contributed by atoms with Crippen LogP contribution >= 0.6 is 0 Å². The van der Waals surface area contributed by atoms with Gasteiger partial charge in [0.25, 0.3) is 15.9 Å². The average molecular weight is 431 g/mol. The Labute approximate surface area is 175 Å². The van der Waals surface area contributed by atoms with Crippen molar-refractivity contribution in [2.45, 2.75) is 31.3 Å². The summed E-state index contributed by atoms with van der Waals surface area (Å²) in [6, 6.07) is 10.7. The maximum Gasteiger partial charge on any atom is 0.261 e. The fourth-order valence-electron chi connectivity index (χ4n) is 2.91. The van der Waals surface area contributed by atoms with Crippen molar-refractivity contribution in [3.8, 4) is 0 Å². The molecule has 1 amide bonds. The Bertz CT molecular complexity index is 1120. The van der Waals surface area contributed by atoms with Crippen molar-refractivity contribution >= 4 is 21.6 Å². The number of aryl methyl sites for hydroxylation is 1. The third-order valence-corrected chi connectivity index (χ3v) is 5.90. The molecule has 1 aromatic heterocycles. The molecule has 0 spiro atoms. The lowest BCUT2D eigenvalue weighted by Gasteiger charge is -2.26. The predicted molar refractivity (Wildman–Crippen MR) is 112 cm³/mol. The highest BCUT2D eigenvalue weighted by Gasteiger charge is 2.20. The largest absolute Gasteiger partial charge is 0.332 e. The molecule has 0 radical (unpaired) electrons. The summed E-state index contributed by atoms with van der Waals surface area (Å²) < 4.78 is 42.0. The van der Waals surface area contributed by atoms with Crippen LogP contribution in [0.2, 0.25) is 0 Å². The lowest BCUT2D eigenvalue weighted by atomic mass is 10.1. The minimum Gasteiger partial charge on any atom is -0.332 e. The van der Waals surface area contributed by atoms with E-state index in [9.17, 15) is 17.6 Å². The molecule has 1 N–H and O–H groups in total. The summed E-state index contributed by atoms with van der Waals surface area (Å²) in [5.41, 5.74) is 1.67. The van der Waals surface area contributed by atoms with Gasteiger partial charge in [0.2, 0.25) is 0 Å². The molecule has 0 atom stereocenters. The summed E-state index contributed by atoms with van der Waals surface area (Å²) in [6.07, 6.45) is 3.58. The van der Waals surface area contributed by atoms with Crippen LogP contribution < -0.4 is 4.72 Å². The first-order valence-electron chi connectivity index (χ1n) is 9.32. The molecule has 0 bridgehead atoms. The van der Waals surface area contributed by atoms with Crippen molar-refractivity contribution in [1.29, 1.82) is 0 Å². The van der Waals surface area contributed by atoms with Gasteiger partial charge in [-0.3, -0.25) is 14.2 Å². The van der Waals surface area contributed by atoms with Gasteiger partial charge in [-0.05, 0) is 62.4 Å². The molecular weight excluding hydrogens is 407 g/mol. The van der Waals surface area contributed by atoms with Gasteiger partial charge < -0.3 is 4.90 Å². The Balaban J connectivity index is 1.75. The quantitative estimate of drug-likeness (QED) is 0.623. The average Bonchev–Trinajstić information content (AvgIpc) is 3.11. The second-order valence-corrected chi connectivity index (χ2v) is 8.87. The number of benzene rings is 2. The van der Waals surface area contributed by atoms with E-state index in [1.807, 2.05) is 27.1 Å². The fraction of sp³-hybridized carbons (Fsp3) is 0.238. The molecule has 0 saturated heterocycles. The zero-order valence-electron chi connectivity index (χ0n) is 16.9. The monoisotopic (exact) mass is 430 g/mol. The maximum absolute atomic E-state index is 13.0. The summed E-state index contributed by atoms with van der Waals surface area (Å²) >= 11 is 0. The number of hydrogen-bond acceptors (Lipinski definition) is 4. The lowest BCUT2D eigenvalue weighted by molar-refractivity contribution is 0.0690. The molecule has 0 aliphatic carbocycles. The van der Waals surface area contributed by atoms with E-state index in [2.05, 4.69) is 9.82 Å². The molecule has 0 aliphatic rings. The number of sulfonamides is 1. The van der Waals surface area contributed by atoms with Gasteiger partial charge in [-0.2, -0.15) is 5.10 Å². The summed E-state index contributed by atoms with van der Waals surface area (Å²) in [6.45, 7) is 4.28. The van der Waals surface area contributed by atoms with E-state index in [1.54, 1.807) is 27.9 Å². The number of nitrogens with one attached hydrogen (secondary N) is 1. The van der Waals surface area contributed by atoms with Gasteiger partial charge in [0.1, 0.15) is 5.82 Å². The molecule has 9 heteroatoms. The van der Waals surface area contributed by atoms with Crippen LogP contribution in [0.25, 0.3) is 0 Å². The van der Waals surface area contributed by atoms with Crippen LogP contribution in [0.5, 0.6) is 0 Å². The molecule has 0 unspecified atom stereocenters. The Morgan fingerprint density at radius 1 is 1.13 bits per heavy atom. The Hall–Kier alpha value is -3.20. The number of hydrogen-bond donors (Lipinski definition) is 1. The van der Waals surface area contributed by atoms with Crippen molar-refractivity contribution < 1.29 is 17.6 Å². The fourth-order valence-corrected chi connectivity index (χ4v) is 3.97. The van der Waals surface area contributed by atoms with Crippen LogP contribution in [-0.4, -0.2) is 35.0 Å². The van der Waals surface area contributed by atoms with Crippen molar-refractivity contribution in [2.24, 2.45) is 7.05 Å². The summed E-state index contributed by atoms with van der Waals surface area (Å²) in [5, 5.41) is 4.13. The highest BCUT2D eigenvalue weighted by atomic mass is 32.2. The van der Waals surface area contributed by atoms with Crippen molar-refractivity contribution in [3.63, 3.8) is 0 Å². The van der Waals surface area contributed by atoms with Crippen LogP contribution in [-0.2, 0) is 23.6 Å². The van der Waals surface area contributed by atoms with Crippen LogP contribution in [0.1, 0.15) is 29.8 Å². The van der Waals surface area contributed by atoms with Crippen LogP contribution in [0.15, 0.2) is 65.8 Å². The van der Waals surface area contributed by atoms with E-state index in [1.165, 1.54) is 24.3 Å². The predicted octanol–water partition coefficient (Wildman–Crippen LogP) is 3.41. The van der Waals surface area contributed by atoms with E-state index in [0.29, 0.717) is 17.8 Å². The summed E-state index contributed by atoms with van der Waals surface area (Å²) in [7, 11) is -2.04. The minimum atomic E-state index is -3.85. The molecule has 1 heterocycles. The zero-order valence-corrected chi connectivity index (χ0v) is 17.7. The number of carbonyl (C=O) groups is 1. The van der Waals surface area contributed by atoms with Gasteiger partial charge in [-0.25, -0.2) is 12.8 Å². The number of anilines is 1. The smallest absolute Gasteiger partial charge is 0.261 e. The molecule has 7 nitrogen and oxygen atoms in total. The number of rotatable bonds is 7. The van der Waals surface area contributed by atoms with E-state index in [0.717, 1.165) is 17.7 Å². The first-order valence-corrected chi connectivity index (χ1v) is 10.8. The molecule has 2 aromatic carbocycles. The number of carbonyl (C=O) groups excluding carboxylic acids is 1. The minimum absolute atomic E-state index is 0.0330. The Morgan fingerprint density at radius 3 is 2.30 bits per heavy atom. The molecule has 3 aromatic rings. The van der Waals surface area contributed by atoms with Gasteiger partial charge in [-0.1, -0.05) is 0 Å². The van der Waals surface area contributed by atoms with Crippen LogP contribution in [0.3, 0.4) is 0 Å². The van der Waals surface area contributed by atoms with Crippen molar-refractivity contribution in [3.05, 3.63) is 77.9 Å². The Morgan fingerprint density at radius 2 is 1.77 bits per heavy atom. The van der Waals surface area contributed by atoms with Gasteiger partial charge in [0, 0.05) is 42.6 Å². The maximum atomic E-state index is 13.0. The van der Waals surface area contributed by atoms with Gasteiger partial charge in [-0.15, -0.1) is 0 Å². The van der Waals surface area contributed by atoms with Crippen molar-refractivity contribution in [2.75, 3.05) is 4.72 Å². The standard InChI is InChI=1S/C21H23FN4O3S/c1-15(2)26(14-16-12-23-25(3)13-16)21(27)17-4-8-19(9-5-17)24-30(28,29)20-10-6-18(22)7-11-20/h4-13,15,24H,14H2,1-3H3. The van der Waals surface area contributed by atoms with E-state index < -0.39 is 15.8 Å². The number of amides is 1. The van der Waals surface area contributed by atoms with Crippen molar-refractivity contribution in [1.82, 2.24) is 14.7 Å². The summed E-state index contributed by atoms with van der Waals surface area (Å²) in [5.74, 6) is -0.681. The molecule has 158 valence electrons. The summed E-state index contributed by atoms with van der Waals surface area (Å²) in [4.78, 5) is 14.6. The molecule has 3 rings (SSSR count). The Kier molecular flexibility index (Phi) is 6.21. The number of halogens is 1. The molecule has 0 saturated carbocycles. The molecule has 0 fully saturated rings. The topological polar surface area (TPSA) is 84.3 Å². The first-order chi connectivity index (χ1) is 14.2. The van der Waals surface area contributed by atoms with Gasteiger partial charge in [0.15, 0.2) is 0 Å².